The van der Waals surface area contributed by atoms with Gasteiger partial charge in [0.25, 0.3) is 0 Å². The van der Waals surface area contributed by atoms with Crippen LogP contribution in [0, 0.1) is 3.57 Å². The summed E-state index contributed by atoms with van der Waals surface area (Å²) < 4.78 is 12.3. The minimum atomic E-state index is -0.174. The Morgan fingerprint density at radius 2 is 2.17 bits per heavy atom. The van der Waals surface area contributed by atoms with E-state index in [1.54, 1.807) is 38.2 Å². The second kappa shape index (κ2) is 8.50. The number of allylic oxidation sites excluding steroid dienone is 1. The van der Waals surface area contributed by atoms with Crippen LogP contribution >= 0.6 is 22.6 Å². The number of nitrogens with zero attached hydrogens (tertiary/aromatic N) is 1. The van der Waals surface area contributed by atoms with Crippen LogP contribution in [-0.2, 0) is 4.79 Å². The van der Waals surface area contributed by atoms with Gasteiger partial charge in [-0.15, -0.1) is 0 Å². The first-order chi connectivity index (χ1) is 11.5. The van der Waals surface area contributed by atoms with E-state index in [1.165, 1.54) is 0 Å². The molecule has 0 heterocycles. The van der Waals surface area contributed by atoms with Crippen LogP contribution in [0.5, 0.6) is 11.5 Å². The second-order valence-electron chi connectivity index (χ2n) is 5.90. The van der Waals surface area contributed by atoms with Gasteiger partial charge >= 0.3 is 0 Å². The van der Waals surface area contributed by atoms with Crippen molar-refractivity contribution in [2.24, 2.45) is 0 Å². The summed E-state index contributed by atoms with van der Waals surface area (Å²) in [5.41, 5.74) is 1.56. The number of amides is 1. The fourth-order valence-electron chi connectivity index (χ4n) is 2.62. The van der Waals surface area contributed by atoms with Crippen LogP contribution in [0.1, 0.15) is 36.0 Å². The van der Waals surface area contributed by atoms with Gasteiger partial charge in [0.2, 0.25) is 5.91 Å². The summed E-state index contributed by atoms with van der Waals surface area (Å²) in [5, 5.41) is 0. The van der Waals surface area contributed by atoms with Crippen molar-refractivity contribution >= 4 is 34.8 Å². The molecule has 1 atom stereocenters. The van der Waals surface area contributed by atoms with Gasteiger partial charge in [-0.1, -0.05) is 6.08 Å². The van der Waals surface area contributed by atoms with Crippen molar-refractivity contribution in [3.8, 4) is 11.5 Å². The van der Waals surface area contributed by atoms with Crippen molar-refractivity contribution < 1.29 is 19.1 Å². The average molecular weight is 443 g/mol. The summed E-state index contributed by atoms with van der Waals surface area (Å²) in [4.78, 5) is 24.8. The predicted octanol–water partition coefficient (Wildman–Crippen LogP) is 3.45. The molecule has 1 aliphatic rings. The molecule has 2 rings (SSSR count). The van der Waals surface area contributed by atoms with Crippen LogP contribution in [0.3, 0.4) is 0 Å². The largest absolute Gasteiger partial charge is 0.493 e. The zero-order chi connectivity index (χ0) is 17.7. The topological polar surface area (TPSA) is 55.8 Å². The lowest BCUT2D eigenvalue weighted by molar-refractivity contribution is -0.128. The molecule has 0 radical (unpaired) electrons. The monoisotopic (exact) mass is 443 g/mol. The van der Waals surface area contributed by atoms with Gasteiger partial charge in [-0.2, -0.15) is 0 Å². The normalized spacial score (nSPS) is 17.0. The third kappa shape index (κ3) is 4.28. The van der Waals surface area contributed by atoms with Gasteiger partial charge in [0.1, 0.15) is 6.10 Å². The molecule has 0 saturated heterocycles. The Morgan fingerprint density at radius 3 is 2.79 bits per heavy atom. The third-order valence-corrected chi connectivity index (χ3v) is 5.16. The van der Waals surface area contributed by atoms with Crippen LogP contribution in [0.15, 0.2) is 23.8 Å². The summed E-state index contributed by atoms with van der Waals surface area (Å²) in [5.74, 6) is 1.21. The summed E-state index contributed by atoms with van der Waals surface area (Å²) in [6.07, 6.45) is 5.89. The Labute approximate surface area is 156 Å². The Hall–Kier alpha value is -1.57. The van der Waals surface area contributed by atoms with E-state index < -0.39 is 0 Å². The van der Waals surface area contributed by atoms with Crippen molar-refractivity contribution in [2.75, 3.05) is 21.2 Å². The number of hydrogen-bond acceptors (Lipinski definition) is 4. The van der Waals surface area contributed by atoms with Crippen LogP contribution < -0.4 is 9.47 Å². The van der Waals surface area contributed by atoms with Crippen molar-refractivity contribution in [1.29, 1.82) is 0 Å². The molecule has 1 aliphatic carbocycles. The second-order valence-corrected chi connectivity index (χ2v) is 6.98. The summed E-state index contributed by atoms with van der Waals surface area (Å²) in [6, 6.07) is 3.45. The number of halogens is 1. The molecular formula is C18H22INO4. The number of carbonyl (C=O) groups is 2. The summed E-state index contributed by atoms with van der Waals surface area (Å²) in [7, 11) is 5.08. The number of benzene rings is 1. The number of carbonyl (C=O) groups excluding carboxylic acids is 2. The smallest absolute Gasteiger partial charge is 0.226 e. The fraction of sp³-hybridized carbons (Fsp3) is 0.444. The fourth-order valence-corrected chi connectivity index (χ4v) is 3.32. The molecule has 0 aromatic heterocycles. The van der Waals surface area contributed by atoms with Gasteiger partial charge in [-0.05, 0) is 59.6 Å². The molecule has 1 unspecified atom stereocenters. The predicted molar refractivity (Wildman–Crippen MR) is 101 cm³/mol. The minimum Gasteiger partial charge on any atom is -0.493 e. The highest BCUT2D eigenvalue weighted by Crippen LogP contribution is 2.37. The maximum Gasteiger partial charge on any atom is 0.226 e. The van der Waals surface area contributed by atoms with Crippen LogP contribution in [-0.4, -0.2) is 44.4 Å². The molecule has 0 N–H and O–H groups in total. The van der Waals surface area contributed by atoms with Gasteiger partial charge in [-0.25, -0.2) is 0 Å². The van der Waals surface area contributed by atoms with Gasteiger partial charge < -0.3 is 14.4 Å². The highest BCUT2D eigenvalue weighted by molar-refractivity contribution is 14.1. The molecule has 1 aromatic rings. The molecule has 0 spiro atoms. The number of methoxy groups -OCH3 is 1. The lowest BCUT2D eigenvalue weighted by Gasteiger charge is -2.27. The van der Waals surface area contributed by atoms with E-state index in [9.17, 15) is 9.59 Å². The van der Waals surface area contributed by atoms with Gasteiger partial charge in [0.05, 0.1) is 17.1 Å². The molecule has 0 bridgehead atoms. The van der Waals surface area contributed by atoms with E-state index >= 15 is 0 Å². The Kier molecular flexibility index (Phi) is 6.65. The van der Waals surface area contributed by atoms with Gasteiger partial charge in [-0.3, -0.25) is 9.59 Å². The SMILES string of the molecule is COc1ccc(C=O)c(I)c1OC1CCCC=C1CC(=O)N(C)C. The zero-order valence-electron chi connectivity index (χ0n) is 14.2. The van der Waals surface area contributed by atoms with Gasteiger partial charge in [0.15, 0.2) is 17.8 Å². The Bertz CT molecular complexity index is 655. The maximum atomic E-state index is 12.1. The highest BCUT2D eigenvalue weighted by atomic mass is 127. The molecule has 0 aliphatic heterocycles. The van der Waals surface area contributed by atoms with Crippen molar-refractivity contribution in [1.82, 2.24) is 4.90 Å². The molecular weight excluding hydrogens is 421 g/mol. The molecule has 5 nitrogen and oxygen atoms in total. The average Bonchev–Trinajstić information content (AvgIpc) is 2.58. The van der Waals surface area contributed by atoms with Crippen LogP contribution in [0.25, 0.3) is 0 Å². The van der Waals surface area contributed by atoms with E-state index in [-0.39, 0.29) is 12.0 Å². The molecule has 1 amide bonds. The van der Waals surface area contributed by atoms with Gasteiger partial charge in [0, 0.05) is 19.7 Å². The first-order valence-electron chi connectivity index (χ1n) is 7.85. The number of rotatable bonds is 6. The number of ether oxygens (including phenoxy) is 2. The van der Waals surface area contributed by atoms with Crippen LogP contribution in [0.4, 0.5) is 0 Å². The molecule has 0 saturated carbocycles. The molecule has 130 valence electrons. The lowest BCUT2D eigenvalue weighted by atomic mass is 9.93. The molecule has 0 fully saturated rings. The van der Waals surface area contributed by atoms with E-state index in [0.717, 1.165) is 34.7 Å². The first-order valence-corrected chi connectivity index (χ1v) is 8.93. The summed E-state index contributed by atoms with van der Waals surface area (Å²) in [6.45, 7) is 0. The Morgan fingerprint density at radius 1 is 1.42 bits per heavy atom. The lowest BCUT2D eigenvalue weighted by Crippen LogP contribution is -2.28. The summed E-state index contributed by atoms with van der Waals surface area (Å²) >= 11 is 2.10. The first kappa shape index (κ1) is 18.8. The quantitative estimate of drug-likeness (QED) is 0.384. The van der Waals surface area contributed by atoms with Crippen LogP contribution in [0.2, 0.25) is 0 Å². The van der Waals surface area contributed by atoms with Crippen molar-refractivity contribution in [2.45, 2.75) is 31.8 Å². The Balaban J connectivity index is 2.28. The van der Waals surface area contributed by atoms with E-state index in [1.807, 2.05) is 0 Å². The van der Waals surface area contributed by atoms with E-state index in [2.05, 4.69) is 28.7 Å². The standard InChI is InChI=1S/C18H22INO4/c1-20(2)16(22)10-12-6-4-5-7-14(12)24-18-15(23-3)9-8-13(11-21)17(18)19/h6,8-9,11,14H,4-5,7,10H2,1-3H3. The van der Waals surface area contributed by atoms with E-state index in [4.69, 9.17) is 9.47 Å². The minimum absolute atomic E-state index is 0.0556. The van der Waals surface area contributed by atoms with Crippen molar-refractivity contribution in [3.05, 3.63) is 32.9 Å². The zero-order valence-corrected chi connectivity index (χ0v) is 16.3. The van der Waals surface area contributed by atoms with E-state index in [0.29, 0.717) is 23.5 Å². The maximum absolute atomic E-state index is 12.1. The molecule has 1 aromatic carbocycles. The number of aldehydes is 1. The number of hydrogen-bond donors (Lipinski definition) is 0. The molecule has 6 heteroatoms. The highest BCUT2D eigenvalue weighted by Gasteiger charge is 2.25. The van der Waals surface area contributed by atoms with Crippen molar-refractivity contribution in [3.63, 3.8) is 0 Å². The third-order valence-electron chi connectivity index (χ3n) is 4.04. The molecule has 24 heavy (non-hydrogen) atoms.